The number of aromatic nitrogens is 2. The van der Waals surface area contributed by atoms with Gasteiger partial charge in [0.25, 0.3) is 0 Å². The predicted octanol–water partition coefficient (Wildman–Crippen LogP) is 6.69. The van der Waals surface area contributed by atoms with Crippen molar-refractivity contribution in [2.75, 3.05) is 13.1 Å². The largest absolute Gasteiger partial charge is 0.421 e. The number of likely N-dealkylation sites (tertiary alicyclic amines) is 1. The van der Waals surface area contributed by atoms with Crippen LogP contribution in [0.2, 0.25) is 0 Å². The van der Waals surface area contributed by atoms with Crippen LogP contribution in [0.3, 0.4) is 0 Å². The zero-order valence-corrected chi connectivity index (χ0v) is 21.1. The number of allylic oxidation sites excluding steroid dienone is 3. The van der Waals surface area contributed by atoms with Crippen molar-refractivity contribution in [2.24, 2.45) is 5.92 Å². The van der Waals surface area contributed by atoms with E-state index in [4.69, 9.17) is 9.40 Å². The smallest absolute Gasteiger partial charge is 0.344 e. The van der Waals surface area contributed by atoms with Crippen LogP contribution in [-0.2, 0) is 0 Å². The van der Waals surface area contributed by atoms with Gasteiger partial charge < -0.3 is 13.9 Å². The molecule has 1 saturated carbocycles. The quantitative estimate of drug-likeness (QED) is 0.427. The number of hydrogen-bond acceptors (Lipinski definition) is 4. The summed E-state index contributed by atoms with van der Waals surface area (Å²) in [5, 5.41) is 1.59. The maximum atomic E-state index is 13.1. The van der Waals surface area contributed by atoms with Crippen molar-refractivity contribution < 1.29 is 4.42 Å². The molecule has 1 saturated heterocycles. The lowest BCUT2D eigenvalue weighted by molar-refractivity contribution is 0.0976. The minimum Gasteiger partial charge on any atom is -0.421 e. The summed E-state index contributed by atoms with van der Waals surface area (Å²) in [6.45, 7) is 8.82. The van der Waals surface area contributed by atoms with Gasteiger partial charge in [0.05, 0.1) is 5.39 Å². The van der Waals surface area contributed by atoms with Crippen LogP contribution in [0.25, 0.3) is 34.0 Å². The Bertz CT molecular complexity index is 1380. The van der Waals surface area contributed by atoms with Gasteiger partial charge in [0, 0.05) is 18.4 Å². The highest BCUT2D eigenvalue weighted by atomic mass is 16.4. The Labute approximate surface area is 207 Å². The van der Waals surface area contributed by atoms with Crippen molar-refractivity contribution in [3.63, 3.8) is 0 Å². The molecule has 1 aliphatic carbocycles. The van der Waals surface area contributed by atoms with E-state index in [2.05, 4.69) is 60.7 Å². The molecule has 0 radical (unpaired) electrons. The summed E-state index contributed by atoms with van der Waals surface area (Å²) < 4.78 is 7.89. The van der Waals surface area contributed by atoms with Crippen LogP contribution in [-0.4, -0.2) is 33.6 Å². The first-order valence-electron chi connectivity index (χ1n) is 13.3. The standard InChI is InChI=1S/C30H35N3O2/c1-4-21-14-19(2)29-31-27(18-33(29)17-20(21)3)28-16-24-9-8-23(15-26(24)30(34)35-28)22-10-12-32(13-11-22)25-6-5-7-25/h8-9,14-18,21-22,25H,4-7,10-13H2,1-3H3. The first-order chi connectivity index (χ1) is 17.0. The van der Waals surface area contributed by atoms with Crippen molar-refractivity contribution in [3.05, 3.63) is 63.9 Å². The Morgan fingerprint density at radius 2 is 1.89 bits per heavy atom. The second kappa shape index (κ2) is 8.94. The first kappa shape index (κ1) is 22.5. The third kappa shape index (κ3) is 4.10. The Kier molecular flexibility index (Phi) is 5.76. The van der Waals surface area contributed by atoms with E-state index in [9.17, 15) is 4.79 Å². The highest BCUT2D eigenvalue weighted by Crippen LogP contribution is 2.35. The van der Waals surface area contributed by atoms with Gasteiger partial charge in [-0.25, -0.2) is 9.78 Å². The molecule has 2 aliphatic heterocycles. The molecular formula is C30H35N3O2. The molecule has 35 heavy (non-hydrogen) atoms. The van der Waals surface area contributed by atoms with E-state index in [-0.39, 0.29) is 5.63 Å². The van der Waals surface area contributed by atoms with Gasteiger partial charge in [0.15, 0.2) is 5.76 Å². The lowest BCUT2D eigenvalue weighted by Crippen LogP contribution is -2.44. The van der Waals surface area contributed by atoms with Crippen LogP contribution in [0.5, 0.6) is 0 Å². The maximum Gasteiger partial charge on any atom is 0.344 e. The molecule has 3 aromatic rings. The van der Waals surface area contributed by atoms with Crippen molar-refractivity contribution in [1.82, 2.24) is 14.5 Å². The van der Waals surface area contributed by atoms with Gasteiger partial charge in [0.1, 0.15) is 11.5 Å². The van der Waals surface area contributed by atoms with E-state index in [1.54, 1.807) is 0 Å². The number of benzene rings is 1. The Morgan fingerprint density at radius 1 is 1.09 bits per heavy atom. The lowest BCUT2D eigenvalue weighted by Gasteiger charge is -2.42. The molecule has 2 aromatic heterocycles. The minimum absolute atomic E-state index is 0.278. The third-order valence-electron chi connectivity index (χ3n) is 8.53. The van der Waals surface area contributed by atoms with Crippen molar-refractivity contribution in [2.45, 2.75) is 71.3 Å². The second-order valence-electron chi connectivity index (χ2n) is 10.7. The van der Waals surface area contributed by atoms with Crippen molar-refractivity contribution in [1.29, 1.82) is 0 Å². The Balaban J connectivity index is 1.28. The normalized spacial score (nSPS) is 21.9. The molecule has 1 aromatic carbocycles. The second-order valence-corrected chi connectivity index (χ2v) is 10.7. The highest BCUT2D eigenvalue weighted by Gasteiger charge is 2.29. The van der Waals surface area contributed by atoms with E-state index in [1.807, 2.05) is 12.3 Å². The third-order valence-corrected chi connectivity index (χ3v) is 8.53. The highest BCUT2D eigenvalue weighted by molar-refractivity contribution is 5.84. The average molecular weight is 470 g/mol. The summed E-state index contributed by atoms with van der Waals surface area (Å²) in [5.41, 5.74) is 4.14. The van der Waals surface area contributed by atoms with E-state index < -0.39 is 0 Å². The first-order valence-corrected chi connectivity index (χ1v) is 13.3. The minimum atomic E-state index is -0.278. The Hall–Kier alpha value is -2.92. The maximum absolute atomic E-state index is 13.1. The van der Waals surface area contributed by atoms with Gasteiger partial charge >= 0.3 is 5.63 Å². The molecule has 182 valence electrons. The lowest BCUT2D eigenvalue weighted by atomic mass is 9.85. The molecule has 2 fully saturated rings. The predicted molar refractivity (Wildman–Crippen MR) is 142 cm³/mol. The summed E-state index contributed by atoms with van der Waals surface area (Å²) in [5.74, 6) is 2.38. The zero-order chi connectivity index (χ0) is 24.1. The van der Waals surface area contributed by atoms with Crippen molar-refractivity contribution in [3.8, 4) is 11.5 Å². The van der Waals surface area contributed by atoms with Gasteiger partial charge in [-0.3, -0.25) is 0 Å². The summed E-state index contributed by atoms with van der Waals surface area (Å²) >= 11 is 0. The molecule has 1 unspecified atom stereocenters. The SMILES string of the molecule is CCC1C=C(C)c2nc(-c3cc4ccc(C5CCN(C6CCC6)CC5)cc4c(=O)o3)cn2C=C1C. The van der Waals surface area contributed by atoms with Gasteiger partial charge in [-0.05, 0) is 105 Å². The molecule has 5 heteroatoms. The van der Waals surface area contributed by atoms with Crippen LogP contribution in [0, 0.1) is 5.92 Å². The van der Waals surface area contributed by atoms with E-state index in [1.165, 1.54) is 56.3 Å². The summed E-state index contributed by atoms with van der Waals surface area (Å²) in [6, 6.07) is 9.16. The average Bonchev–Trinajstić information content (AvgIpc) is 3.21. The Morgan fingerprint density at radius 3 is 2.60 bits per heavy atom. The molecule has 0 spiro atoms. The fraction of sp³-hybridized carbons (Fsp3) is 0.467. The van der Waals surface area contributed by atoms with Crippen LogP contribution >= 0.6 is 0 Å². The van der Waals surface area contributed by atoms with Gasteiger partial charge in [-0.15, -0.1) is 0 Å². The van der Waals surface area contributed by atoms with E-state index >= 15 is 0 Å². The number of nitrogens with zero attached hydrogens (tertiary/aromatic N) is 3. The van der Waals surface area contributed by atoms with Crippen LogP contribution in [0.4, 0.5) is 0 Å². The number of piperidine rings is 1. The monoisotopic (exact) mass is 469 g/mol. The van der Waals surface area contributed by atoms with Crippen molar-refractivity contribution >= 4 is 22.5 Å². The molecule has 5 nitrogen and oxygen atoms in total. The molecule has 0 N–H and O–H groups in total. The molecule has 6 rings (SSSR count). The topological polar surface area (TPSA) is 51.3 Å². The molecular weight excluding hydrogens is 434 g/mol. The fourth-order valence-corrected chi connectivity index (χ4v) is 6.10. The zero-order valence-electron chi connectivity index (χ0n) is 21.1. The number of imidazole rings is 1. The van der Waals surface area contributed by atoms with E-state index in [0.29, 0.717) is 28.7 Å². The molecule has 3 aliphatic rings. The molecule has 0 amide bonds. The number of hydrogen-bond donors (Lipinski definition) is 0. The van der Waals surface area contributed by atoms with Crippen LogP contribution in [0.15, 0.2) is 51.3 Å². The van der Waals surface area contributed by atoms with E-state index in [0.717, 1.165) is 29.2 Å². The van der Waals surface area contributed by atoms with Gasteiger partial charge in [-0.2, -0.15) is 0 Å². The summed E-state index contributed by atoms with van der Waals surface area (Å²) in [7, 11) is 0. The molecule has 0 bridgehead atoms. The fourth-order valence-electron chi connectivity index (χ4n) is 6.10. The number of rotatable bonds is 4. The molecule has 4 heterocycles. The van der Waals surface area contributed by atoms with Gasteiger partial charge in [0.2, 0.25) is 0 Å². The molecule has 1 atom stereocenters. The van der Waals surface area contributed by atoms with Crippen LogP contribution in [0.1, 0.15) is 76.6 Å². The summed E-state index contributed by atoms with van der Waals surface area (Å²) in [6.07, 6.45) is 13.9. The van der Waals surface area contributed by atoms with Crippen LogP contribution < -0.4 is 5.63 Å². The number of fused-ring (bicyclic) bond motifs is 2. The summed E-state index contributed by atoms with van der Waals surface area (Å²) in [4.78, 5) is 20.6. The van der Waals surface area contributed by atoms with Gasteiger partial charge in [-0.1, -0.05) is 31.6 Å².